The Morgan fingerprint density at radius 1 is 1.38 bits per heavy atom. The molecule has 0 atom stereocenters. The van der Waals surface area contributed by atoms with E-state index in [1.165, 1.54) is 0 Å². The Kier molecular flexibility index (Phi) is 5.10. The Bertz CT molecular complexity index is 597. The largest absolute Gasteiger partial charge is 0.361 e. The monoisotopic (exact) mass is 305 g/mol. The number of aromatic nitrogens is 2. The molecule has 0 aliphatic carbocycles. The van der Waals surface area contributed by atoms with Gasteiger partial charge in [0.25, 0.3) is 0 Å². The average molecular weight is 305 g/mol. The molecule has 2 aromatic heterocycles. The smallest absolute Gasteiger partial charge is 0.319 e. The third kappa shape index (κ3) is 4.42. The maximum atomic E-state index is 11.9. The lowest BCUT2D eigenvalue weighted by Crippen LogP contribution is -2.31. The number of pyridine rings is 1. The number of urea groups is 1. The summed E-state index contributed by atoms with van der Waals surface area (Å²) in [6.45, 7) is 2.47. The van der Waals surface area contributed by atoms with Crippen molar-refractivity contribution in [3.05, 3.63) is 34.4 Å². The van der Waals surface area contributed by atoms with E-state index in [0.29, 0.717) is 12.2 Å². The van der Waals surface area contributed by atoms with Crippen LogP contribution in [0, 0.1) is 6.92 Å². The van der Waals surface area contributed by atoms with Crippen LogP contribution in [0.15, 0.2) is 23.0 Å². The van der Waals surface area contributed by atoms with Crippen LogP contribution < -0.4 is 15.5 Å². The van der Waals surface area contributed by atoms with Gasteiger partial charge in [0.2, 0.25) is 0 Å². The fourth-order valence-electron chi connectivity index (χ4n) is 1.81. The van der Waals surface area contributed by atoms with E-state index < -0.39 is 0 Å². The molecule has 0 aromatic carbocycles. The number of hydrogen-bond donors (Lipinski definition) is 2. The van der Waals surface area contributed by atoms with E-state index in [1.54, 1.807) is 16.8 Å². The van der Waals surface area contributed by atoms with E-state index >= 15 is 0 Å². The molecule has 2 N–H and O–H groups in total. The molecule has 2 aromatic rings. The minimum absolute atomic E-state index is 0.237. The zero-order valence-corrected chi connectivity index (χ0v) is 13.2. The van der Waals surface area contributed by atoms with Crippen molar-refractivity contribution in [1.82, 2.24) is 15.3 Å². The molecule has 7 heteroatoms. The van der Waals surface area contributed by atoms with Crippen molar-refractivity contribution in [3.8, 4) is 0 Å². The highest BCUT2D eigenvalue weighted by Gasteiger charge is 2.09. The summed E-state index contributed by atoms with van der Waals surface area (Å²) in [6.07, 6.45) is 0.726. The number of nitrogens with one attached hydrogen (secondary N) is 2. The van der Waals surface area contributed by atoms with Crippen molar-refractivity contribution < 1.29 is 4.79 Å². The fraction of sp³-hybridized carbons (Fsp3) is 0.357. The molecule has 112 valence electrons. The summed E-state index contributed by atoms with van der Waals surface area (Å²) in [6, 6.07) is 3.49. The van der Waals surface area contributed by atoms with Gasteiger partial charge in [0.05, 0.1) is 16.9 Å². The molecule has 6 nitrogen and oxygen atoms in total. The van der Waals surface area contributed by atoms with Gasteiger partial charge in [0.15, 0.2) is 5.82 Å². The number of carbonyl (C=O) groups is 1. The number of aryl methyl sites for hydroxylation is 1. The average Bonchev–Trinajstić information content (AvgIpc) is 2.94. The molecule has 0 aliphatic rings. The number of rotatable bonds is 5. The number of anilines is 2. The van der Waals surface area contributed by atoms with Crippen LogP contribution in [-0.4, -0.2) is 36.6 Å². The van der Waals surface area contributed by atoms with Crippen LogP contribution in [0.5, 0.6) is 0 Å². The Labute approximate surface area is 128 Å². The first-order valence-corrected chi connectivity index (χ1v) is 7.57. The van der Waals surface area contributed by atoms with Crippen molar-refractivity contribution in [2.45, 2.75) is 13.3 Å². The van der Waals surface area contributed by atoms with Crippen molar-refractivity contribution in [2.75, 3.05) is 30.9 Å². The van der Waals surface area contributed by atoms with Gasteiger partial charge in [-0.15, -0.1) is 11.3 Å². The Hall–Kier alpha value is -2.15. The molecule has 2 amide bonds. The summed E-state index contributed by atoms with van der Waals surface area (Å²) in [4.78, 5) is 22.4. The molecule has 0 spiro atoms. The first-order valence-electron chi connectivity index (χ1n) is 6.63. The Morgan fingerprint density at radius 2 is 2.19 bits per heavy atom. The molecule has 0 fully saturated rings. The van der Waals surface area contributed by atoms with Crippen molar-refractivity contribution in [3.63, 3.8) is 0 Å². The minimum Gasteiger partial charge on any atom is -0.361 e. The topological polar surface area (TPSA) is 70.2 Å². The summed E-state index contributed by atoms with van der Waals surface area (Å²) < 4.78 is 0. The first-order chi connectivity index (χ1) is 10.1. The van der Waals surface area contributed by atoms with E-state index in [1.807, 2.05) is 43.4 Å². The fourth-order valence-corrected chi connectivity index (χ4v) is 2.41. The van der Waals surface area contributed by atoms with Gasteiger partial charge in [-0.2, -0.15) is 0 Å². The normalized spacial score (nSPS) is 10.2. The number of hydrogen-bond acceptors (Lipinski definition) is 5. The molecule has 0 saturated heterocycles. The molecule has 0 bridgehead atoms. The lowest BCUT2D eigenvalue weighted by atomic mass is 10.3. The van der Waals surface area contributed by atoms with Crippen LogP contribution in [0.1, 0.15) is 11.4 Å². The van der Waals surface area contributed by atoms with Crippen molar-refractivity contribution in [2.24, 2.45) is 0 Å². The Morgan fingerprint density at radius 3 is 2.86 bits per heavy atom. The molecule has 0 saturated carbocycles. The van der Waals surface area contributed by atoms with Gasteiger partial charge in [-0.25, -0.2) is 14.8 Å². The molecular formula is C14H19N5OS. The summed E-state index contributed by atoms with van der Waals surface area (Å²) in [5, 5.41) is 7.63. The second-order valence-electron chi connectivity index (χ2n) is 4.83. The van der Waals surface area contributed by atoms with E-state index in [2.05, 4.69) is 20.6 Å². The van der Waals surface area contributed by atoms with E-state index in [-0.39, 0.29) is 6.03 Å². The lowest BCUT2D eigenvalue weighted by molar-refractivity contribution is 0.252. The van der Waals surface area contributed by atoms with E-state index in [9.17, 15) is 4.79 Å². The standard InChI is InChI=1S/C14H19N5OS/c1-10-4-5-12(13(17-10)19(2)3)18-14(20)15-7-6-11-8-21-9-16-11/h4-5,8-9H,6-7H2,1-3H3,(H2,15,18,20). The summed E-state index contributed by atoms with van der Waals surface area (Å²) >= 11 is 1.55. The number of amides is 2. The predicted molar refractivity (Wildman–Crippen MR) is 86.1 cm³/mol. The third-order valence-corrected chi connectivity index (χ3v) is 3.47. The Balaban J connectivity index is 1.90. The van der Waals surface area contributed by atoms with Crippen LogP contribution in [0.3, 0.4) is 0 Å². The number of carbonyl (C=O) groups excluding carboxylic acids is 1. The summed E-state index contributed by atoms with van der Waals surface area (Å²) in [5.74, 6) is 0.740. The highest BCUT2D eigenvalue weighted by molar-refractivity contribution is 7.07. The molecule has 0 aliphatic heterocycles. The SMILES string of the molecule is Cc1ccc(NC(=O)NCCc2cscn2)c(N(C)C)n1. The number of nitrogens with zero attached hydrogens (tertiary/aromatic N) is 3. The second kappa shape index (κ2) is 7.03. The quantitative estimate of drug-likeness (QED) is 0.889. The van der Waals surface area contributed by atoms with Crippen LogP contribution >= 0.6 is 11.3 Å². The van der Waals surface area contributed by atoms with E-state index in [4.69, 9.17) is 0 Å². The third-order valence-electron chi connectivity index (χ3n) is 2.84. The highest BCUT2D eigenvalue weighted by atomic mass is 32.1. The highest BCUT2D eigenvalue weighted by Crippen LogP contribution is 2.21. The molecular weight excluding hydrogens is 286 g/mol. The number of thiazole rings is 1. The molecule has 21 heavy (non-hydrogen) atoms. The van der Waals surface area contributed by atoms with Crippen LogP contribution in [0.4, 0.5) is 16.3 Å². The van der Waals surface area contributed by atoms with Gasteiger partial charge in [-0.05, 0) is 19.1 Å². The van der Waals surface area contributed by atoms with Gasteiger partial charge < -0.3 is 15.5 Å². The summed E-state index contributed by atoms with van der Waals surface area (Å²) in [7, 11) is 3.79. The molecule has 0 unspecified atom stereocenters. The second-order valence-corrected chi connectivity index (χ2v) is 5.55. The maximum Gasteiger partial charge on any atom is 0.319 e. The molecule has 2 rings (SSSR count). The van der Waals surface area contributed by atoms with Crippen LogP contribution in [-0.2, 0) is 6.42 Å². The zero-order chi connectivity index (χ0) is 15.2. The van der Waals surface area contributed by atoms with Gasteiger partial charge in [0.1, 0.15) is 0 Å². The zero-order valence-electron chi connectivity index (χ0n) is 12.4. The van der Waals surface area contributed by atoms with Gasteiger partial charge >= 0.3 is 6.03 Å². The summed E-state index contributed by atoms with van der Waals surface area (Å²) in [5.41, 5.74) is 4.38. The lowest BCUT2D eigenvalue weighted by Gasteiger charge is -2.17. The van der Waals surface area contributed by atoms with Crippen LogP contribution in [0.2, 0.25) is 0 Å². The van der Waals surface area contributed by atoms with Crippen LogP contribution in [0.25, 0.3) is 0 Å². The predicted octanol–water partition coefficient (Wildman–Crippen LogP) is 2.28. The molecule has 2 heterocycles. The minimum atomic E-state index is -0.237. The molecule has 0 radical (unpaired) electrons. The maximum absolute atomic E-state index is 11.9. The van der Waals surface area contributed by atoms with Crippen molar-refractivity contribution >= 4 is 28.9 Å². The van der Waals surface area contributed by atoms with E-state index in [0.717, 1.165) is 23.6 Å². The van der Waals surface area contributed by atoms with Gasteiger partial charge in [-0.1, -0.05) is 0 Å². The first kappa shape index (κ1) is 15.2. The van der Waals surface area contributed by atoms with Gasteiger partial charge in [0, 0.05) is 38.1 Å². The van der Waals surface area contributed by atoms with Crippen molar-refractivity contribution in [1.29, 1.82) is 0 Å². The van der Waals surface area contributed by atoms with Gasteiger partial charge in [-0.3, -0.25) is 0 Å².